The van der Waals surface area contributed by atoms with Gasteiger partial charge in [-0.1, -0.05) is 30.0 Å². The zero-order valence-corrected chi connectivity index (χ0v) is 17.2. The molecular formula is C23H21N3O2S. The SMILES string of the molecule is CCOc1ccc2nc(SCC(=O)N3c4ccccc4CC3C)c(C#N)cc2c1. The lowest BCUT2D eigenvalue weighted by Gasteiger charge is -2.22. The third kappa shape index (κ3) is 3.79. The quantitative estimate of drug-likeness (QED) is 0.584. The van der Waals surface area contributed by atoms with E-state index >= 15 is 0 Å². The second-order valence-corrected chi connectivity index (χ2v) is 7.94. The molecule has 0 fully saturated rings. The van der Waals surface area contributed by atoms with Crippen LogP contribution in [0.15, 0.2) is 53.6 Å². The zero-order chi connectivity index (χ0) is 20.4. The van der Waals surface area contributed by atoms with E-state index in [0.717, 1.165) is 28.8 Å². The minimum atomic E-state index is 0.0323. The highest BCUT2D eigenvalue weighted by atomic mass is 32.2. The molecule has 0 saturated carbocycles. The van der Waals surface area contributed by atoms with Crippen molar-refractivity contribution in [2.45, 2.75) is 31.3 Å². The van der Waals surface area contributed by atoms with Crippen molar-refractivity contribution in [1.29, 1.82) is 5.26 Å². The molecule has 0 spiro atoms. The molecule has 0 aliphatic carbocycles. The molecule has 4 rings (SSSR count). The average Bonchev–Trinajstić information content (AvgIpc) is 3.07. The fourth-order valence-corrected chi connectivity index (χ4v) is 4.55. The predicted octanol–water partition coefficient (Wildman–Crippen LogP) is 4.58. The first-order valence-corrected chi connectivity index (χ1v) is 10.6. The van der Waals surface area contributed by atoms with E-state index in [9.17, 15) is 10.1 Å². The van der Waals surface area contributed by atoms with E-state index in [1.165, 1.54) is 17.3 Å². The Bertz CT molecular complexity index is 1120. The number of hydrogen-bond donors (Lipinski definition) is 0. The Morgan fingerprint density at radius 3 is 2.93 bits per heavy atom. The maximum absolute atomic E-state index is 12.9. The van der Waals surface area contributed by atoms with Gasteiger partial charge in [-0.05, 0) is 56.2 Å². The van der Waals surface area contributed by atoms with Crippen LogP contribution in [0, 0.1) is 11.3 Å². The van der Waals surface area contributed by atoms with Gasteiger partial charge in [0.1, 0.15) is 16.8 Å². The summed E-state index contributed by atoms with van der Waals surface area (Å²) in [5.74, 6) is 1.02. The zero-order valence-electron chi connectivity index (χ0n) is 16.4. The van der Waals surface area contributed by atoms with E-state index < -0.39 is 0 Å². The molecule has 5 nitrogen and oxygen atoms in total. The summed E-state index contributed by atoms with van der Waals surface area (Å²) in [6.07, 6.45) is 0.867. The molecule has 1 atom stereocenters. The van der Waals surface area contributed by atoms with Crippen molar-refractivity contribution in [3.05, 3.63) is 59.7 Å². The minimum Gasteiger partial charge on any atom is -0.494 e. The maximum atomic E-state index is 12.9. The Morgan fingerprint density at radius 2 is 2.14 bits per heavy atom. The lowest BCUT2D eigenvalue weighted by Crippen LogP contribution is -2.37. The molecule has 0 N–H and O–H groups in total. The number of fused-ring (bicyclic) bond motifs is 2. The number of nitrogens with zero attached hydrogens (tertiary/aromatic N) is 3. The molecule has 1 aliphatic rings. The van der Waals surface area contributed by atoms with Crippen LogP contribution in [0.5, 0.6) is 5.75 Å². The van der Waals surface area contributed by atoms with E-state index in [2.05, 4.69) is 24.0 Å². The summed E-state index contributed by atoms with van der Waals surface area (Å²) in [5, 5.41) is 11.0. The number of anilines is 1. The third-order valence-corrected chi connectivity index (χ3v) is 5.97. The molecule has 2 heterocycles. The number of pyridine rings is 1. The molecule has 146 valence electrons. The number of amides is 1. The first kappa shape index (κ1) is 19.3. The summed E-state index contributed by atoms with van der Waals surface area (Å²) in [7, 11) is 0. The number of nitriles is 1. The minimum absolute atomic E-state index is 0.0323. The summed E-state index contributed by atoms with van der Waals surface area (Å²) < 4.78 is 5.53. The number of ether oxygens (including phenoxy) is 1. The van der Waals surface area contributed by atoms with Gasteiger partial charge in [-0.25, -0.2) is 4.98 Å². The van der Waals surface area contributed by atoms with Crippen LogP contribution in [0.3, 0.4) is 0 Å². The van der Waals surface area contributed by atoms with E-state index in [4.69, 9.17) is 4.74 Å². The van der Waals surface area contributed by atoms with Gasteiger partial charge in [0.2, 0.25) is 5.91 Å². The van der Waals surface area contributed by atoms with Crippen molar-refractivity contribution in [1.82, 2.24) is 4.98 Å². The van der Waals surface area contributed by atoms with Crippen LogP contribution >= 0.6 is 11.8 Å². The van der Waals surface area contributed by atoms with Crippen LogP contribution in [0.1, 0.15) is 25.0 Å². The number of thioether (sulfide) groups is 1. The largest absolute Gasteiger partial charge is 0.494 e. The number of para-hydroxylation sites is 1. The van der Waals surface area contributed by atoms with Crippen LogP contribution in [0.25, 0.3) is 10.9 Å². The van der Waals surface area contributed by atoms with Crippen molar-refractivity contribution in [2.75, 3.05) is 17.3 Å². The first-order chi connectivity index (χ1) is 14.1. The van der Waals surface area contributed by atoms with Gasteiger partial charge in [0.15, 0.2) is 0 Å². The fraction of sp³-hybridized carbons (Fsp3) is 0.261. The van der Waals surface area contributed by atoms with Crippen molar-refractivity contribution in [3.63, 3.8) is 0 Å². The molecule has 3 aromatic rings. The highest BCUT2D eigenvalue weighted by molar-refractivity contribution is 8.00. The monoisotopic (exact) mass is 403 g/mol. The van der Waals surface area contributed by atoms with Crippen LogP contribution in [-0.2, 0) is 11.2 Å². The first-order valence-electron chi connectivity index (χ1n) is 9.61. The van der Waals surface area contributed by atoms with Gasteiger partial charge in [-0.3, -0.25) is 4.79 Å². The van der Waals surface area contributed by atoms with Crippen LogP contribution in [0.2, 0.25) is 0 Å². The average molecular weight is 404 g/mol. The standard InChI is InChI=1S/C23H21N3O2S/c1-3-28-19-8-9-20-17(12-19)11-18(13-24)23(25-20)29-14-22(27)26-15(2)10-16-6-4-5-7-21(16)26/h4-9,11-12,15H,3,10,14H2,1-2H3. The number of carbonyl (C=O) groups excluding carboxylic acids is 1. The number of aromatic nitrogens is 1. The fourth-order valence-electron chi connectivity index (χ4n) is 3.73. The third-order valence-electron chi connectivity index (χ3n) is 4.99. The Balaban J connectivity index is 1.56. The van der Waals surface area contributed by atoms with Gasteiger partial charge >= 0.3 is 0 Å². The maximum Gasteiger partial charge on any atom is 0.237 e. The van der Waals surface area contributed by atoms with Gasteiger partial charge in [-0.15, -0.1) is 0 Å². The van der Waals surface area contributed by atoms with Crippen molar-refractivity contribution in [3.8, 4) is 11.8 Å². The molecular weight excluding hydrogens is 382 g/mol. The molecule has 1 amide bonds. The molecule has 1 aromatic heterocycles. The number of benzene rings is 2. The number of carbonyl (C=O) groups is 1. The van der Waals surface area contributed by atoms with E-state index in [1.807, 2.05) is 54.3 Å². The Kier molecular flexibility index (Phi) is 5.41. The topological polar surface area (TPSA) is 66.2 Å². The van der Waals surface area contributed by atoms with Crippen LogP contribution in [0.4, 0.5) is 5.69 Å². The Hall–Kier alpha value is -3.04. The highest BCUT2D eigenvalue weighted by Gasteiger charge is 2.30. The molecule has 1 aliphatic heterocycles. The normalized spacial score (nSPS) is 15.2. The van der Waals surface area contributed by atoms with E-state index in [1.54, 1.807) is 0 Å². The van der Waals surface area contributed by atoms with Crippen LogP contribution in [-0.4, -0.2) is 29.3 Å². The Morgan fingerprint density at radius 1 is 1.31 bits per heavy atom. The molecule has 6 heteroatoms. The van der Waals surface area contributed by atoms with Gasteiger partial charge in [-0.2, -0.15) is 5.26 Å². The number of hydrogen-bond acceptors (Lipinski definition) is 5. The summed E-state index contributed by atoms with van der Waals surface area (Å²) in [4.78, 5) is 19.4. The molecule has 0 radical (unpaired) electrons. The molecule has 1 unspecified atom stereocenters. The Labute approximate surface area is 174 Å². The number of rotatable bonds is 5. The van der Waals surface area contributed by atoms with E-state index in [-0.39, 0.29) is 17.7 Å². The lowest BCUT2D eigenvalue weighted by atomic mass is 10.1. The molecule has 29 heavy (non-hydrogen) atoms. The molecule has 0 saturated heterocycles. The summed E-state index contributed by atoms with van der Waals surface area (Å²) in [5.41, 5.74) is 3.44. The summed E-state index contributed by atoms with van der Waals surface area (Å²) >= 11 is 1.32. The predicted molar refractivity (Wildman–Crippen MR) is 115 cm³/mol. The molecule has 2 aromatic carbocycles. The highest BCUT2D eigenvalue weighted by Crippen LogP contribution is 2.33. The van der Waals surface area contributed by atoms with Crippen molar-refractivity contribution in [2.24, 2.45) is 0 Å². The van der Waals surface area contributed by atoms with Crippen molar-refractivity contribution < 1.29 is 9.53 Å². The van der Waals surface area contributed by atoms with E-state index in [0.29, 0.717) is 17.2 Å². The van der Waals surface area contributed by atoms with Gasteiger partial charge in [0.05, 0.1) is 23.4 Å². The van der Waals surface area contributed by atoms with Crippen molar-refractivity contribution >= 4 is 34.3 Å². The second kappa shape index (κ2) is 8.14. The second-order valence-electron chi connectivity index (χ2n) is 6.97. The summed E-state index contributed by atoms with van der Waals surface area (Å²) in [6.45, 7) is 4.57. The van der Waals surface area contributed by atoms with Gasteiger partial charge in [0.25, 0.3) is 0 Å². The molecule has 0 bridgehead atoms. The lowest BCUT2D eigenvalue weighted by molar-refractivity contribution is -0.116. The van der Waals surface area contributed by atoms with Crippen LogP contribution < -0.4 is 9.64 Å². The summed E-state index contributed by atoms with van der Waals surface area (Å²) in [6, 6.07) is 17.8. The van der Waals surface area contributed by atoms with Gasteiger partial charge < -0.3 is 9.64 Å². The van der Waals surface area contributed by atoms with Gasteiger partial charge in [0, 0.05) is 17.1 Å². The smallest absolute Gasteiger partial charge is 0.237 e.